The normalized spacial score (nSPS) is 15.0. The molecule has 0 bridgehead atoms. The van der Waals surface area contributed by atoms with Crippen LogP contribution >= 0.6 is 0 Å². The Morgan fingerprint density at radius 1 is 1.12 bits per heavy atom. The zero-order chi connectivity index (χ0) is 17.6. The van der Waals surface area contributed by atoms with Crippen LogP contribution < -0.4 is 15.1 Å². The zero-order valence-electron chi connectivity index (χ0n) is 14.6. The van der Waals surface area contributed by atoms with Crippen molar-refractivity contribution >= 4 is 23.0 Å². The van der Waals surface area contributed by atoms with E-state index in [0.29, 0.717) is 6.54 Å². The molecule has 0 saturated carbocycles. The highest BCUT2D eigenvalue weighted by Crippen LogP contribution is 2.22. The van der Waals surface area contributed by atoms with Crippen molar-refractivity contribution < 1.29 is 9.90 Å². The van der Waals surface area contributed by atoms with Crippen LogP contribution in [0.15, 0.2) is 54.6 Å². The fraction of sp³-hybridized carbons (Fsp3) is 0.350. The fourth-order valence-corrected chi connectivity index (χ4v) is 3.07. The highest BCUT2D eigenvalue weighted by atomic mass is 16.3. The van der Waals surface area contributed by atoms with Crippen molar-refractivity contribution in [2.75, 3.05) is 41.8 Å². The Labute approximate surface area is 148 Å². The molecule has 5 nitrogen and oxygen atoms in total. The van der Waals surface area contributed by atoms with Gasteiger partial charge in [-0.2, -0.15) is 0 Å². The highest BCUT2D eigenvalue weighted by Gasteiger charge is 2.17. The van der Waals surface area contributed by atoms with E-state index >= 15 is 0 Å². The van der Waals surface area contributed by atoms with Gasteiger partial charge in [-0.15, -0.1) is 0 Å². The Morgan fingerprint density at radius 3 is 2.40 bits per heavy atom. The molecule has 0 aromatic heterocycles. The Bertz CT molecular complexity index is 680. The van der Waals surface area contributed by atoms with Gasteiger partial charge in [-0.3, -0.25) is 4.79 Å². The molecule has 1 aliphatic rings. The van der Waals surface area contributed by atoms with Crippen molar-refractivity contribution in [1.29, 1.82) is 0 Å². The van der Waals surface area contributed by atoms with Gasteiger partial charge in [-0.25, -0.2) is 0 Å². The molecule has 1 amide bonds. The van der Waals surface area contributed by atoms with Crippen LogP contribution in [0.3, 0.4) is 0 Å². The first-order valence-electron chi connectivity index (χ1n) is 8.71. The average molecular weight is 339 g/mol. The summed E-state index contributed by atoms with van der Waals surface area (Å²) in [5, 5.41) is 12.5. The average Bonchev–Trinajstić information content (AvgIpc) is 2.64. The lowest BCUT2D eigenvalue weighted by Gasteiger charge is -2.31. The molecule has 1 fully saturated rings. The maximum absolute atomic E-state index is 12.2. The van der Waals surface area contributed by atoms with E-state index in [1.807, 2.05) is 66.5 Å². The van der Waals surface area contributed by atoms with Crippen LogP contribution in [0.2, 0.25) is 0 Å². The molecule has 1 saturated heterocycles. The maximum Gasteiger partial charge on any atom is 0.243 e. The Hall–Kier alpha value is -2.53. The molecule has 1 heterocycles. The molecule has 2 aromatic rings. The number of piperidine rings is 1. The summed E-state index contributed by atoms with van der Waals surface area (Å²) in [6, 6.07) is 17.8. The van der Waals surface area contributed by atoms with E-state index in [1.54, 1.807) is 0 Å². The zero-order valence-corrected chi connectivity index (χ0v) is 14.6. The van der Waals surface area contributed by atoms with Crippen LogP contribution in [-0.2, 0) is 4.79 Å². The molecule has 0 radical (unpaired) electrons. The largest absolute Gasteiger partial charge is 0.393 e. The van der Waals surface area contributed by atoms with E-state index in [1.165, 1.54) is 0 Å². The monoisotopic (exact) mass is 339 g/mol. The van der Waals surface area contributed by atoms with Crippen LogP contribution in [0, 0.1) is 0 Å². The van der Waals surface area contributed by atoms with E-state index in [0.717, 1.165) is 43.0 Å². The SMILES string of the molecule is CN(CC(=O)Nc1ccc(N2CCC(O)CC2)cc1)c1ccccc1. The predicted octanol–water partition coefficient (Wildman–Crippen LogP) is 2.72. The number of nitrogens with one attached hydrogen (secondary N) is 1. The van der Waals surface area contributed by atoms with Crippen molar-refractivity contribution in [3.63, 3.8) is 0 Å². The molecule has 0 aliphatic carbocycles. The lowest BCUT2D eigenvalue weighted by atomic mass is 10.1. The van der Waals surface area contributed by atoms with Gasteiger partial charge in [-0.05, 0) is 49.2 Å². The Kier molecular flexibility index (Phi) is 5.56. The number of likely N-dealkylation sites (N-methyl/N-ethyl adjacent to an activating group) is 1. The molecule has 132 valence electrons. The highest BCUT2D eigenvalue weighted by molar-refractivity contribution is 5.94. The quantitative estimate of drug-likeness (QED) is 0.879. The predicted molar refractivity (Wildman–Crippen MR) is 102 cm³/mol. The van der Waals surface area contributed by atoms with E-state index < -0.39 is 0 Å². The minimum absolute atomic E-state index is 0.0415. The smallest absolute Gasteiger partial charge is 0.243 e. The molecule has 2 aromatic carbocycles. The molecular formula is C20H25N3O2. The van der Waals surface area contributed by atoms with Crippen LogP contribution in [-0.4, -0.2) is 43.8 Å². The second-order valence-corrected chi connectivity index (χ2v) is 6.50. The number of aliphatic hydroxyl groups excluding tert-OH is 1. The third kappa shape index (κ3) is 4.73. The summed E-state index contributed by atoms with van der Waals surface area (Å²) in [5.74, 6) is -0.0415. The number of hydrogen-bond acceptors (Lipinski definition) is 4. The minimum atomic E-state index is -0.170. The molecule has 2 N–H and O–H groups in total. The number of nitrogens with zero attached hydrogens (tertiary/aromatic N) is 2. The van der Waals surface area contributed by atoms with E-state index in [4.69, 9.17) is 0 Å². The molecular weight excluding hydrogens is 314 g/mol. The van der Waals surface area contributed by atoms with Crippen molar-refractivity contribution in [2.24, 2.45) is 0 Å². The first kappa shape index (κ1) is 17.3. The van der Waals surface area contributed by atoms with Crippen molar-refractivity contribution in [3.8, 4) is 0 Å². The van der Waals surface area contributed by atoms with Gasteiger partial charge >= 0.3 is 0 Å². The van der Waals surface area contributed by atoms with Crippen molar-refractivity contribution in [1.82, 2.24) is 0 Å². The van der Waals surface area contributed by atoms with E-state index in [9.17, 15) is 9.90 Å². The molecule has 0 atom stereocenters. The number of para-hydroxylation sites is 1. The lowest BCUT2D eigenvalue weighted by molar-refractivity contribution is -0.114. The summed E-state index contributed by atoms with van der Waals surface area (Å²) >= 11 is 0. The summed E-state index contributed by atoms with van der Waals surface area (Å²) < 4.78 is 0. The fourth-order valence-electron chi connectivity index (χ4n) is 3.07. The molecule has 5 heteroatoms. The number of carbonyl (C=O) groups is 1. The Balaban J connectivity index is 1.53. The van der Waals surface area contributed by atoms with Crippen LogP contribution in [0.5, 0.6) is 0 Å². The van der Waals surface area contributed by atoms with Crippen LogP contribution in [0.4, 0.5) is 17.1 Å². The number of hydrogen-bond donors (Lipinski definition) is 2. The molecule has 1 aliphatic heterocycles. The number of rotatable bonds is 5. The first-order valence-corrected chi connectivity index (χ1v) is 8.71. The standard InChI is InChI=1S/C20H25N3O2/c1-22(17-5-3-2-4-6-17)15-20(25)21-16-7-9-18(10-8-16)23-13-11-19(24)12-14-23/h2-10,19,24H,11-15H2,1H3,(H,21,25). The Morgan fingerprint density at radius 2 is 1.76 bits per heavy atom. The summed E-state index contributed by atoms with van der Waals surface area (Å²) in [6.07, 6.45) is 1.45. The van der Waals surface area contributed by atoms with Gasteiger partial charge in [0.2, 0.25) is 5.91 Å². The van der Waals surface area contributed by atoms with Gasteiger partial charge in [0.05, 0.1) is 12.6 Å². The second kappa shape index (κ2) is 8.03. The van der Waals surface area contributed by atoms with Crippen LogP contribution in [0.1, 0.15) is 12.8 Å². The summed E-state index contributed by atoms with van der Waals surface area (Å²) in [5.41, 5.74) is 2.94. The third-order valence-electron chi connectivity index (χ3n) is 4.56. The van der Waals surface area contributed by atoms with E-state index in [-0.39, 0.29) is 12.0 Å². The van der Waals surface area contributed by atoms with Crippen molar-refractivity contribution in [2.45, 2.75) is 18.9 Å². The number of carbonyl (C=O) groups excluding carboxylic acids is 1. The molecule has 0 spiro atoms. The van der Waals surface area contributed by atoms with Crippen molar-refractivity contribution in [3.05, 3.63) is 54.6 Å². The molecule has 25 heavy (non-hydrogen) atoms. The minimum Gasteiger partial charge on any atom is -0.393 e. The first-order chi connectivity index (χ1) is 12.1. The number of benzene rings is 2. The number of amides is 1. The topological polar surface area (TPSA) is 55.8 Å². The van der Waals surface area contributed by atoms with Gasteiger partial charge < -0.3 is 20.2 Å². The van der Waals surface area contributed by atoms with Gasteiger partial charge in [0.15, 0.2) is 0 Å². The summed E-state index contributed by atoms with van der Waals surface area (Å²) in [6.45, 7) is 2.04. The number of aliphatic hydroxyl groups is 1. The summed E-state index contributed by atoms with van der Waals surface area (Å²) in [4.78, 5) is 16.4. The third-order valence-corrected chi connectivity index (χ3v) is 4.56. The number of anilines is 3. The second-order valence-electron chi connectivity index (χ2n) is 6.50. The van der Waals surface area contributed by atoms with Gasteiger partial charge in [0.25, 0.3) is 0 Å². The van der Waals surface area contributed by atoms with E-state index in [2.05, 4.69) is 10.2 Å². The molecule has 3 rings (SSSR count). The maximum atomic E-state index is 12.2. The van der Waals surface area contributed by atoms with Crippen LogP contribution in [0.25, 0.3) is 0 Å². The summed E-state index contributed by atoms with van der Waals surface area (Å²) in [7, 11) is 1.91. The van der Waals surface area contributed by atoms with Gasteiger partial charge in [0.1, 0.15) is 0 Å². The lowest BCUT2D eigenvalue weighted by Crippen LogP contribution is -2.35. The van der Waals surface area contributed by atoms with Gasteiger partial charge in [0, 0.05) is 37.2 Å². The van der Waals surface area contributed by atoms with Gasteiger partial charge in [-0.1, -0.05) is 18.2 Å². The molecule has 0 unspecified atom stereocenters.